The Balaban J connectivity index is 0.000000101. The predicted molar refractivity (Wildman–Crippen MR) is 540 cm³/mol. The molecule has 576 valence electrons. The number of rotatable bonds is 9. The van der Waals surface area contributed by atoms with Gasteiger partial charge in [0.25, 0.3) is 0 Å². The largest absolute Gasteiger partial charge is 0.308 e. The Bertz CT molecular complexity index is 8850. The number of benzene rings is 18. The standard InChI is InChI=1S/3C38H23NS2/c1-2-10-26(11-3-1)39-32-17-6-4-12-29(32)38-36(39)31-16-8-15-28(37(31)41-38)25-22-20-24(21-23-25)27-14-9-19-34-35(27)30-13-5-7-18-33(30)40-34;1-2-9-27(10-3-1)39-33-15-6-4-12-31(33)38-36(39)32-22-21-26(23-35(32)41-38)24-17-19-25(20-18-24)28-13-8-14-30-29-11-5-7-16-34(29)40-37(28)30;1-2-8-28(9-3-1)39-33-12-6-4-11-31(33)38-37(39)32-21-19-27(23-36(32)41-38)25-16-14-24(15-17-25)26-18-20-30-29-10-5-7-13-34(29)40-35(30)22-26/h3*1-23H. The quantitative estimate of drug-likeness (QED) is 0.137. The number of hydrogen-bond acceptors (Lipinski definition) is 6. The maximum atomic E-state index is 2.43. The first-order chi connectivity index (χ1) is 61.0. The molecule has 0 amide bonds. The first-order valence-corrected chi connectivity index (χ1v) is 46.5. The third-order valence-electron chi connectivity index (χ3n) is 24.7. The molecule has 0 bridgehead atoms. The lowest BCUT2D eigenvalue weighted by atomic mass is 9.96. The third kappa shape index (κ3) is 11.9. The van der Waals surface area contributed by atoms with Crippen molar-refractivity contribution in [3.63, 3.8) is 0 Å². The highest BCUT2D eigenvalue weighted by Crippen LogP contribution is 2.51. The van der Waals surface area contributed by atoms with E-state index >= 15 is 0 Å². The predicted octanol–water partition coefficient (Wildman–Crippen LogP) is 35.1. The van der Waals surface area contributed by atoms with Crippen molar-refractivity contribution in [1.82, 2.24) is 13.7 Å². The van der Waals surface area contributed by atoms with Crippen LogP contribution >= 0.6 is 68.0 Å². The van der Waals surface area contributed by atoms with Gasteiger partial charge in [-0.05, 0) is 164 Å². The van der Waals surface area contributed by atoms with Gasteiger partial charge in [-0.25, -0.2) is 0 Å². The fourth-order valence-electron chi connectivity index (χ4n) is 19.0. The van der Waals surface area contributed by atoms with Crippen LogP contribution in [0.1, 0.15) is 0 Å². The highest BCUT2D eigenvalue weighted by Gasteiger charge is 2.24. The minimum Gasteiger partial charge on any atom is -0.308 e. The Morgan fingerprint density at radius 2 is 0.431 bits per heavy atom. The maximum Gasteiger partial charge on any atom is 0.0727 e. The molecule has 0 saturated heterocycles. The van der Waals surface area contributed by atoms with E-state index in [1.807, 2.05) is 68.0 Å². The van der Waals surface area contributed by atoms with Crippen molar-refractivity contribution < 1.29 is 0 Å². The summed E-state index contributed by atoms with van der Waals surface area (Å²) in [5.74, 6) is 0. The van der Waals surface area contributed by atoms with Crippen LogP contribution in [-0.2, 0) is 0 Å². The molecule has 27 rings (SSSR count). The van der Waals surface area contributed by atoms with Gasteiger partial charge < -0.3 is 13.7 Å². The molecule has 0 N–H and O–H groups in total. The van der Waals surface area contributed by atoms with E-state index in [1.54, 1.807) is 0 Å². The summed E-state index contributed by atoms with van der Waals surface area (Å²) in [6.07, 6.45) is 0. The number of nitrogens with zero attached hydrogens (tertiary/aromatic N) is 3. The van der Waals surface area contributed by atoms with E-state index in [0.29, 0.717) is 0 Å². The summed E-state index contributed by atoms with van der Waals surface area (Å²) in [7, 11) is 0. The van der Waals surface area contributed by atoms with Crippen LogP contribution in [0.3, 0.4) is 0 Å². The molecule has 0 unspecified atom stereocenters. The van der Waals surface area contributed by atoms with Gasteiger partial charge in [-0.2, -0.15) is 0 Å². The molecule has 27 aromatic rings. The van der Waals surface area contributed by atoms with Crippen LogP contribution in [0.15, 0.2) is 419 Å². The SMILES string of the molecule is c1ccc(-n2c3ccccc3c3sc4c(-c5ccc(-c6cccc7sc8ccccc8c67)cc5)cccc4c32)cc1.c1ccc(-n2c3ccccc3c3sc4cc(-c5ccc(-c6ccc7c(c6)sc6ccccc67)cc5)ccc4c32)cc1.c1ccc(-n2c3ccccc3c3sc4cc(-c5ccc(-c6cccc7c6sc6ccccc67)cc5)ccc4c32)cc1. The lowest BCUT2D eigenvalue weighted by molar-refractivity contribution is 1.19. The number of fused-ring (bicyclic) bond motifs is 24. The zero-order valence-corrected chi connectivity index (χ0v) is 71.0. The monoisotopic (exact) mass is 1670 g/mol. The minimum absolute atomic E-state index is 1.20. The molecular formula is C114H69N3S6. The number of aromatic nitrogens is 3. The first kappa shape index (κ1) is 71.8. The topological polar surface area (TPSA) is 14.8 Å². The normalized spacial score (nSPS) is 11.9. The fraction of sp³-hybridized carbons (Fsp3) is 0. The molecule has 0 aliphatic rings. The average molecular weight is 1670 g/mol. The number of para-hydroxylation sites is 6. The van der Waals surface area contributed by atoms with Gasteiger partial charge in [-0.3, -0.25) is 0 Å². The molecule has 0 fully saturated rings. The third-order valence-corrected chi connectivity index (χ3v) is 31.8. The second-order valence-electron chi connectivity index (χ2n) is 31.6. The molecule has 0 aliphatic carbocycles. The van der Waals surface area contributed by atoms with Gasteiger partial charge in [0, 0.05) is 124 Å². The Kier molecular flexibility index (Phi) is 17.1. The van der Waals surface area contributed by atoms with Gasteiger partial charge in [-0.15, -0.1) is 68.0 Å². The molecule has 0 aliphatic heterocycles. The Morgan fingerprint density at radius 1 is 0.146 bits per heavy atom. The molecule has 9 heterocycles. The molecule has 123 heavy (non-hydrogen) atoms. The smallest absolute Gasteiger partial charge is 0.0727 e. The van der Waals surface area contributed by atoms with Crippen molar-refractivity contribution in [2.24, 2.45) is 0 Å². The minimum atomic E-state index is 1.20. The second kappa shape index (κ2) is 29.4. The van der Waals surface area contributed by atoms with Crippen molar-refractivity contribution >= 4 is 222 Å². The summed E-state index contributed by atoms with van der Waals surface area (Å²) in [5.41, 5.74) is 26.4. The molecule has 9 heteroatoms. The molecule has 0 atom stereocenters. The second-order valence-corrected chi connectivity index (χ2v) is 38.0. The van der Waals surface area contributed by atoms with Crippen LogP contribution in [0.5, 0.6) is 0 Å². The molecule has 9 aromatic heterocycles. The van der Waals surface area contributed by atoms with Crippen molar-refractivity contribution in [1.29, 1.82) is 0 Å². The van der Waals surface area contributed by atoms with Crippen LogP contribution in [0.4, 0.5) is 0 Å². The maximum absolute atomic E-state index is 2.43. The summed E-state index contributed by atoms with van der Waals surface area (Å²) in [5, 5.41) is 15.9. The summed E-state index contributed by atoms with van der Waals surface area (Å²) < 4.78 is 23.4. The van der Waals surface area contributed by atoms with Crippen LogP contribution in [0, 0.1) is 0 Å². The van der Waals surface area contributed by atoms with Gasteiger partial charge in [0.1, 0.15) is 0 Å². The van der Waals surface area contributed by atoms with Gasteiger partial charge in [0.2, 0.25) is 0 Å². The van der Waals surface area contributed by atoms with Crippen LogP contribution < -0.4 is 0 Å². The summed E-state index contributed by atoms with van der Waals surface area (Å²) in [4.78, 5) is 0. The lowest BCUT2D eigenvalue weighted by Gasteiger charge is -2.09. The summed E-state index contributed by atoms with van der Waals surface area (Å²) in [6, 6.07) is 153. The highest BCUT2D eigenvalue weighted by molar-refractivity contribution is 7.28. The highest BCUT2D eigenvalue weighted by atomic mass is 32.1. The van der Waals surface area contributed by atoms with Gasteiger partial charge in [-0.1, -0.05) is 322 Å². The molecular weight excluding hydrogens is 1600 g/mol. The fourth-order valence-corrected chi connectivity index (χ4v) is 26.4. The van der Waals surface area contributed by atoms with Crippen molar-refractivity contribution in [3.05, 3.63) is 419 Å². The first-order valence-electron chi connectivity index (χ1n) is 41.6. The van der Waals surface area contributed by atoms with Crippen molar-refractivity contribution in [3.8, 4) is 83.8 Å². The molecule has 0 radical (unpaired) electrons. The molecule has 0 saturated carbocycles. The van der Waals surface area contributed by atoms with E-state index in [1.165, 1.54) is 238 Å². The number of hydrogen-bond donors (Lipinski definition) is 0. The van der Waals surface area contributed by atoms with Crippen LogP contribution in [0.25, 0.3) is 238 Å². The average Bonchev–Trinajstić information content (AvgIpc) is 1.57. The van der Waals surface area contributed by atoms with E-state index < -0.39 is 0 Å². The lowest BCUT2D eigenvalue weighted by Crippen LogP contribution is -1.92. The van der Waals surface area contributed by atoms with Gasteiger partial charge in [0.15, 0.2) is 0 Å². The van der Waals surface area contributed by atoms with E-state index in [-0.39, 0.29) is 0 Å². The van der Waals surface area contributed by atoms with E-state index in [0.717, 1.165) is 0 Å². The van der Waals surface area contributed by atoms with E-state index in [4.69, 9.17) is 0 Å². The Hall–Kier alpha value is -14.1. The Labute approximate surface area is 731 Å². The van der Waals surface area contributed by atoms with Crippen molar-refractivity contribution in [2.45, 2.75) is 0 Å². The Morgan fingerprint density at radius 3 is 0.911 bits per heavy atom. The van der Waals surface area contributed by atoms with Crippen LogP contribution in [-0.4, -0.2) is 13.7 Å². The molecule has 0 spiro atoms. The summed E-state index contributed by atoms with van der Waals surface area (Å²) >= 11 is 11.3. The zero-order chi connectivity index (χ0) is 80.7. The zero-order valence-electron chi connectivity index (χ0n) is 66.1. The van der Waals surface area contributed by atoms with E-state index in [2.05, 4.69) is 432 Å². The van der Waals surface area contributed by atoms with Gasteiger partial charge in [0.05, 0.1) is 47.2 Å². The van der Waals surface area contributed by atoms with E-state index in [9.17, 15) is 0 Å². The van der Waals surface area contributed by atoms with Crippen molar-refractivity contribution in [2.75, 3.05) is 0 Å². The van der Waals surface area contributed by atoms with Crippen LogP contribution in [0.2, 0.25) is 0 Å². The van der Waals surface area contributed by atoms with Gasteiger partial charge >= 0.3 is 0 Å². The molecule has 3 nitrogen and oxygen atoms in total. The molecule has 18 aromatic carbocycles. The number of thiophene rings is 6. The summed E-state index contributed by atoms with van der Waals surface area (Å²) in [6.45, 7) is 0.